The molecule has 0 aliphatic carbocycles. The van der Waals surface area contributed by atoms with Crippen LogP contribution in [0.1, 0.15) is 393 Å². The molecule has 0 aromatic heterocycles. The Hall–Kier alpha value is -1.66. The number of hydrogen-bond donors (Lipinski definition) is 3. The third kappa shape index (κ3) is 63.4. The van der Waals surface area contributed by atoms with E-state index in [0.717, 1.165) is 44.9 Å². The van der Waals surface area contributed by atoms with Gasteiger partial charge in [0, 0.05) is 12.8 Å². The fourth-order valence-electron chi connectivity index (χ4n) is 11.1. The average Bonchev–Trinajstić information content (AvgIpc) is 3.43. The van der Waals surface area contributed by atoms with Crippen molar-refractivity contribution in [2.45, 2.75) is 405 Å². The minimum absolute atomic E-state index is 0.00794. The Morgan fingerprint density at radius 2 is 0.610 bits per heavy atom. The summed E-state index contributed by atoms with van der Waals surface area (Å²) in [7, 11) is 0. The predicted molar refractivity (Wildman–Crippen MR) is 338 cm³/mol. The first-order valence-electron chi connectivity index (χ1n) is 35.1. The number of nitrogens with one attached hydrogen (secondary N) is 1. The van der Waals surface area contributed by atoms with Gasteiger partial charge in [0.05, 0.1) is 25.4 Å². The van der Waals surface area contributed by atoms with Crippen LogP contribution in [0.3, 0.4) is 0 Å². The zero-order valence-electron chi connectivity index (χ0n) is 52.2. The number of aliphatic hydroxyl groups excluding tert-OH is 2. The Balaban J connectivity index is 3.38. The van der Waals surface area contributed by atoms with Crippen LogP contribution in [0.25, 0.3) is 0 Å². The monoisotopic (exact) mass is 1080 g/mol. The van der Waals surface area contributed by atoms with Crippen molar-refractivity contribution in [3.05, 3.63) is 24.3 Å². The number of ether oxygens (including phenoxy) is 1. The first kappa shape index (κ1) is 75.3. The Bertz CT molecular complexity index is 1200. The molecular formula is C71H137NO5. The molecule has 0 rings (SSSR count). The number of esters is 1. The van der Waals surface area contributed by atoms with Gasteiger partial charge in [-0.05, 0) is 77.0 Å². The highest BCUT2D eigenvalue weighted by atomic mass is 16.5. The van der Waals surface area contributed by atoms with Crippen LogP contribution in [0.5, 0.6) is 0 Å². The summed E-state index contributed by atoms with van der Waals surface area (Å²) < 4.78 is 5.48. The van der Waals surface area contributed by atoms with Crippen LogP contribution >= 0.6 is 0 Å². The lowest BCUT2D eigenvalue weighted by Crippen LogP contribution is -2.45. The van der Waals surface area contributed by atoms with Gasteiger partial charge in [0.2, 0.25) is 5.91 Å². The summed E-state index contributed by atoms with van der Waals surface area (Å²) in [6, 6.07) is -0.542. The third-order valence-corrected chi connectivity index (χ3v) is 16.5. The zero-order valence-corrected chi connectivity index (χ0v) is 52.2. The van der Waals surface area contributed by atoms with Gasteiger partial charge < -0.3 is 20.3 Å². The normalized spacial score (nSPS) is 12.6. The second kappa shape index (κ2) is 66.8. The molecule has 0 aliphatic heterocycles. The molecule has 1 amide bonds. The minimum atomic E-state index is -0.664. The second-order valence-corrected chi connectivity index (χ2v) is 24.2. The standard InChI is InChI=1S/C71H137NO5/c1-3-5-7-9-11-13-15-17-19-20-33-36-39-43-47-51-55-59-63-69(74)68(67-73)72-70(75)64-60-56-52-48-44-40-37-34-31-29-27-25-23-21-22-24-26-28-30-32-35-38-42-46-50-54-58-62-66-77-71(76)65-61-57-53-49-45-41-18-16-14-12-10-8-6-4-2/h16,18,21-22,68-69,73-74H,3-15,17,19-20,23-67H2,1-2H3,(H,72,75)/b18-16-,22-21-. The van der Waals surface area contributed by atoms with Gasteiger partial charge in [-0.2, -0.15) is 0 Å². The Labute approximate surface area is 481 Å². The molecular weight excluding hydrogens is 947 g/mol. The summed E-state index contributed by atoms with van der Waals surface area (Å²) in [6.45, 7) is 4.98. The number of amides is 1. The molecule has 2 atom stereocenters. The number of carbonyl (C=O) groups is 2. The molecule has 456 valence electrons. The van der Waals surface area contributed by atoms with E-state index >= 15 is 0 Å². The topological polar surface area (TPSA) is 95.9 Å². The zero-order chi connectivity index (χ0) is 55.7. The lowest BCUT2D eigenvalue weighted by Gasteiger charge is -2.22. The molecule has 77 heavy (non-hydrogen) atoms. The number of aliphatic hydroxyl groups is 2. The van der Waals surface area contributed by atoms with Crippen LogP contribution in [-0.4, -0.2) is 47.4 Å². The molecule has 6 heteroatoms. The summed E-state index contributed by atoms with van der Waals surface area (Å²) in [4.78, 5) is 24.6. The van der Waals surface area contributed by atoms with E-state index in [4.69, 9.17) is 4.74 Å². The maximum atomic E-state index is 12.5. The van der Waals surface area contributed by atoms with Crippen LogP contribution in [0.4, 0.5) is 0 Å². The van der Waals surface area contributed by atoms with Crippen LogP contribution in [0.15, 0.2) is 24.3 Å². The molecule has 0 saturated heterocycles. The maximum Gasteiger partial charge on any atom is 0.305 e. The van der Waals surface area contributed by atoms with Gasteiger partial charge in [0.1, 0.15) is 0 Å². The molecule has 0 aromatic rings. The van der Waals surface area contributed by atoms with Crippen LogP contribution in [-0.2, 0) is 14.3 Å². The predicted octanol–water partition coefficient (Wildman–Crippen LogP) is 22.5. The molecule has 6 nitrogen and oxygen atoms in total. The molecule has 0 spiro atoms. The Morgan fingerprint density at radius 1 is 0.351 bits per heavy atom. The minimum Gasteiger partial charge on any atom is -0.466 e. The van der Waals surface area contributed by atoms with E-state index in [-0.39, 0.29) is 18.5 Å². The lowest BCUT2D eigenvalue weighted by atomic mass is 10.0. The molecule has 0 aliphatic rings. The van der Waals surface area contributed by atoms with Gasteiger partial charge in [-0.1, -0.05) is 327 Å². The molecule has 3 N–H and O–H groups in total. The summed E-state index contributed by atoms with van der Waals surface area (Å²) in [5.74, 6) is -0.0233. The van der Waals surface area contributed by atoms with Gasteiger partial charge >= 0.3 is 5.97 Å². The van der Waals surface area contributed by atoms with Gasteiger partial charge in [0.15, 0.2) is 0 Å². The van der Waals surface area contributed by atoms with Crippen molar-refractivity contribution in [2.75, 3.05) is 13.2 Å². The van der Waals surface area contributed by atoms with Crippen molar-refractivity contribution in [2.24, 2.45) is 0 Å². The quantitative estimate of drug-likeness (QED) is 0.0320. The van der Waals surface area contributed by atoms with Crippen molar-refractivity contribution < 1.29 is 24.5 Å². The van der Waals surface area contributed by atoms with Gasteiger partial charge in [-0.15, -0.1) is 0 Å². The smallest absolute Gasteiger partial charge is 0.305 e. The first-order chi connectivity index (χ1) is 38.0. The van der Waals surface area contributed by atoms with Gasteiger partial charge in [-0.25, -0.2) is 0 Å². The maximum absolute atomic E-state index is 12.5. The Morgan fingerprint density at radius 3 is 0.922 bits per heavy atom. The van der Waals surface area contributed by atoms with Crippen LogP contribution in [0, 0.1) is 0 Å². The van der Waals surface area contributed by atoms with Crippen molar-refractivity contribution in [1.29, 1.82) is 0 Å². The number of allylic oxidation sites excluding steroid dienone is 4. The van der Waals surface area contributed by atoms with E-state index in [2.05, 4.69) is 43.5 Å². The van der Waals surface area contributed by atoms with Crippen LogP contribution in [0.2, 0.25) is 0 Å². The average molecular weight is 1080 g/mol. The third-order valence-electron chi connectivity index (χ3n) is 16.5. The summed E-state index contributed by atoms with van der Waals surface area (Å²) in [5.41, 5.74) is 0. The van der Waals surface area contributed by atoms with Gasteiger partial charge in [0.25, 0.3) is 0 Å². The fraction of sp³-hybridized carbons (Fsp3) is 0.915. The van der Waals surface area contributed by atoms with E-state index in [0.29, 0.717) is 25.9 Å². The highest BCUT2D eigenvalue weighted by Crippen LogP contribution is 2.19. The lowest BCUT2D eigenvalue weighted by molar-refractivity contribution is -0.143. The number of hydrogen-bond acceptors (Lipinski definition) is 5. The van der Waals surface area contributed by atoms with E-state index < -0.39 is 12.1 Å². The number of rotatable bonds is 66. The van der Waals surface area contributed by atoms with Crippen LogP contribution < -0.4 is 5.32 Å². The molecule has 0 bridgehead atoms. The largest absolute Gasteiger partial charge is 0.466 e. The second-order valence-electron chi connectivity index (χ2n) is 24.2. The molecule has 0 aromatic carbocycles. The van der Waals surface area contributed by atoms with E-state index in [1.54, 1.807) is 0 Å². The molecule has 0 radical (unpaired) electrons. The highest BCUT2D eigenvalue weighted by molar-refractivity contribution is 5.76. The molecule has 0 heterocycles. The SMILES string of the molecule is CCCCCCC/C=C\CCCCCCCC(=O)OCCCCCCCCCCCCCC/C=C\CCCCCCCCCCCCCCC(=O)NC(CO)C(O)CCCCCCCCCCCCCCCCCCCC. The van der Waals surface area contributed by atoms with Gasteiger partial charge in [-0.3, -0.25) is 9.59 Å². The Kier molecular flexibility index (Phi) is 65.4. The molecule has 0 saturated carbocycles. The van der Waals surface area contributed by atoms with E-state index in [1.807, 2.05) is 0 Å². The van der Waals surface area contributed by atoms with Crippen molar-refractivity contribution in [3.63, 3.8) is 0 Å². The van der Waals surface area contributed by atoms with E-state index in [1.165, 1.54) is 315 Å². The number of carbonyl (C=O) groups excluding carboxylic acids is 2. The summed E-state index contributed by atoms with van der Waals surface area (Å²) in [6.07, 6.45) is 83.6. The molecule has 0 fully saturated rings. The molecule has 2 unspecified atom stereocenters. The summed E-state index contributed by atoms with van der Waals surface area (Å²) >= 11 is 0. The van der Waals surface area contributed by atoms with E-state index in [9.17, 15) is 19.8 Å². The van der Waals surface area contributed by atoms with Crippen molar-refractivity contribution in [3.8, 4) is 0 Å². The first-order valence-corrected chi connectivity index (χ1v) is 35.1. The summed E-state index contributed by atoms with van der Waals surface area (Å²) in [5, 5.41) is 23.4. The fourth-order valence-corrected chi connectivity index (χ4v) is 11.1. The van der Waals surface area contributed by atoms with Crippen molar-refractivity contribution in [1.82, 2.24) is 5.32 Å². The van der Waals surface area contributed by atoms with Crippen molar-refractivity contribution >= 4 is 11.9 Å². The highest BCUT2D eigenvalue weighted by Gasteiger charge is 2.20. The number of unbranched alkanes of at least 4 members (excludes halogenated alkanes) is 51.